The normalized spacial score (nSPS) is 13.2. The summed E-state index contributed by atoms with van der Waals surface area (Å²) < 4.78 is 42.5. The van der Waals surface area contributed by atoms with E-state index in [9.17, 15) is 18.0 Å². The molecule has 1 amide bonds. The summed E-state index contributed by atoms with van der Waals surface area (Å²) in [7, 11) is 0. The molecule has 1 aromatic carbocycles. The summed E-state index contributed by atoms with van der Waals surface area (Å²) in [6.45, 7) is 10.3. The molecule has 0 fully saturated rings. The Morgan fingerprint density at radius 2 is 1.91 bits per heavy atom. The number of nitrogens with zero attached hydrogens (tertiary/aromatic N) is 5. The topological polar surface area (TPSA) is 68.0 Å². The lowest BCUT2D eigenvalue weighted by molar-refractivity contribution is -0.142. The molecule has 3 rings (SSSR count). The number of anilines is 1. The van der Waals surface area contributed by atoms with Crippen molar-refractivity contribution >= 4 is 38.8 Å². The number of carbonyl (C=O) groups is 1. The maximum absolute atomic E-state index is 13.2. The number of imidazole rings is 1. The van der Waals surface area contributed by atoms with E-state index in [-0.39, 0.29) is 10.2 Å². The lowest BCUT2D eigenvalue weighted by atomic mass is 10.3. The quantitative estimate of drug-likeness (QED) is 0.465. The van der Waals surface area contributed by atoms with Crippen LogP contribution in [0.5, 0.6) is 0 Å². The summed E-state index contributed by atoms with van der Waals surface area (Å²) >= 11 is 2.95. The predicted octanol–water partition coefficient (Wildman–Crippen LogP) is 4.86. The van der Waals surface area contributed by atoms with Crippen LogP contribution in [-0.2, 0) is 17.5 Å². The molecule has 0 bridgehead atoms. The number of rotatable bonds is 8. The van der Waals surface area contributed by atoms with Gasteiger partial charge in [0, 0.05) is 13.1 Å². The first-order valence-electron chi connectivity index (χ1n) is 10.4. The van der Waals surface area contributed by atoms with E-state index in [4.69, 9.17) is 0 Å². The van der Waals surface area contributed by atoms with Crippen LogP contribution in [0.3, 0.4) is 0 Å². The summed E-state index contributed by atoms with van der Waals surface area (Å²) in [5.74, 6) is -0.147. The van der Waals surface area contributed by atoms with Crippen molar-refractivity contribution in [3.8, 4) is 0 Å². The average molecular weight is 515 g/mol. The monoisotopic (exact) mass is 514 g/mol. The summed E-state index contributed by atoms with van der Waals surface area (Å²) in [6.07, 6.45) is -4.62. The molecule has 11 heteroatoms. The van der Waals surface area contributed by atoms with Gasteiger partial charge in [-0.3, -0.25) is 14.8 Å². The van der Waals surface area contributed by atoms with E-state index >= 15 is 0 Å². The van der Waals surface area contributed by atoms with E-state index in [0.717, 1.165) is 35.3 Å². The second-order valence-corrected chi connectivity index (χ2v) is 8.25. The highest BCUT2D eigenvalue weighted by Gasteiger charge is 2.39. The van der Waals surface area contributed by atoms with Crippen molar-refractivity contribution in [3.05, 3.63) is 40.1 Å². The van der Waals surface area contributed by atoms with E-state index in [1.165, 1.54) is 13.8 Å². The molecular formula is C21H26BrF3N6O. The van der Waals surface area contributed by atoms with Gasteiger partial charge in [0.15, 0.2) is 5.69 Å². The van der Waals surface area contributed by atoms with E-state index < -0.39 is 23.8 Å². The van der Waals surface area contributed by atoms with Crippen molar-refractivity contribution < 1.29 is 18.0 Å². The molecule has 0 aliphatic rings. The number of hydrogen-bond donors (Lipinski definition) is 1. The fourth-order valence-electron chi connectivity index (χ4n) is 3.56. The minimum absolute atomic E-state index is 0.170. The zero-order chi connectivity index (χ0) is 23.6. The van der Waals surface area contributed by atoms with Crippen LogP contribution in [-0.4, -0.2) is 49.8 Å². The van der Waals surface area contributed by atoms with Gasteiger partial charge in [0.1, 0.15) is 6.04 Å². The number of carbonyl (C=O) groups excluding carboxylic acids is 1. The van der Waals surface area contributed by atoms with Gasteiger partial charge in [-0.25, -0.2) is 4.98 Å². The first-order chi connectivity index (χ1) is 15.1. The molecule has 2 aromatic heterocycles. The van der Waals surface area contributed by atoms with Crippen LogP contribution in [0.15, 0.2) is 28.7 Å². The Morgan fingerprint density at radius 3 is 2.50 bits per heavy atom. The van der Waals surface area contributed by atoms with Crippen LogP contribution >= 0.6 is 15.9 Å². The Morgan fingerprint density at radius 1 is 1.25 bits per heavy atom. The Balaban J connectivity index is 1.89. The number of aromatic nitrogens is 4. The van der Waals surface area contributed by atoms with E-state index in [1.807, 2.05) is 28.8 Å². The molecule has 174 valence electrons. The molecule has 7 nitrogen and oxygen atoms in total. The maximum atomic E-state index is 13.2. The number of likely N-dealkylation sites (N-methyl/N-ethyl adjacent to an activating group) is 1. The lowest BCUT2D eigenvalue weighted by Crippen LogP contribution is -2.29. The third-order valence-electron chi connectivity index (χ3n) is 5.52. The smallest absolute Gasteiger partial charge is 0.309 e. The number of hydrogen-bond acceptors (Lipinski definition) is 4. The standard InChI is InChI=1S/C21H26BrF3N6O/c1-5-29(6-2)11-12-30-16-10-8-7-9-15(16)26-20(30)27-19(32)14(4)31-13(3)17(22)18(28-31)21(23,24)25/h7-10,14H,5-6,11-12H2,1-4H3,(H,26,27,32). The fourth-order valence-corrected chi connectivity index (χ4v) is 4.05. The maximum Gasteiger partial charge on any atom is 0.436 e. The largest absolute Gasteiger partial charge is 0.436 e. The molecule has 0 aliphatic heterocycles. The number of fused-ring (bicyclic) bond motifs is 1. The lowest BCUT2D eigenvalue weighted by Gasteiger charge is -2.20. The van der Waals surface area contributed by atoms with Crippen molar-refractivity contribution in [2.45, 2.75) is 46.5 Å². The summed E-state index contributed by atoms with van der Waals surface area (Å²) in [4.78, 5) is 19.8. The van der Waals surface area contributed by atoms with Crippen molar-refractivity contribution in [3.63, 3.8) is 0 Å². The van der Waals surface area contributed by atoms with Gasteiger partial charge in [-0.05, 0) is 55.0 Å². The minimum Gasteiger partial charge on any atom is -0.309 e. The van der Waals surface area contributed by atoms with E-state index in [1.54, 1.807) is 0 Å². The van der Waals surface area contributed by atoms with Gasteiger partial charge in [0.25, 0.3) is 5.91 Å². The van der Waals surface area contributed by atoms with E-state index in [2.05, 4.69) is 50.1 Å². The number of amides is 1. The highest BCUT2D eigenvalue weighted by molar-refractivity contribution is 9.10. The Kier molecular flexibility index (Phi) is 7.29. The molecule has 1 N–H and O–H groups in total. The zero-order valence-corrected chi connectivity index (χ0v) is 20.0. The van der Waals surface area contributed by atoms with Gasteiger partial charge in [0.2, 0.25) is 5.95 Å². The highest BCUT2D eigenvalue weighted by Crippen LogP contribution is 2.36. The molecule has 1 unspecified atom stereocenters. The zero-order valence-electron chi connectivity index (χ0n) is 18.4. The molecule has 0 aliphatic carbocycles. The molecule has 0 radical (unpaired) electrons. The molecular weight excluding hydrogens is 489 g/mol. The Bertz CT molecular complexity index is 1100. The molecule has 0 spiro atoms. The van der Waals surface area contributed by atoms with Crippen LogP contribution in [0.25, 0.3) is 11.0 Å². The van der Waals surface area contributed by atoms with Crippen LogP contribution < -0.4 is 5.32 Å². The fraction of sp³-hybridized carbons (Fsp3) is 0.476. The number of para-hydroxylation sites is 2. The molecule has 0 saturated carbocycles. The van der Waals surface area contributed by atoms with Crippen molar-refractivity contribution in [1.29, 1.82) is 0 Å². The second-order valence-electron chi connectivity index (χ2n) is 7.46. The molecule has 32 heavy (non-hydrogen) atoms. The van der Waals surface area contributed by atoms with Gasteiger partial charge in [-0.15, -0.1) is 0 Å². The van der Waals surface area contributed by atoms with Gasteiger partial charge in [0.05, 0.1) is 21.2 Å². The minimum atomic E-state index is -4.62. The number of nitrogens with one attached hydrogen (secondary N) is 1. The highest BCUT2D eigenvalue weighted by atomic mass is 79.9. The van der Waals surface area contributed by atoms with Crippen LogP contribution in [0, 0.1) is 6.92 Å². The average Bonchev–Trinajstić information content (AvgIpc) is 3.25. The number of benzene rings is 1. The molecule has 2 heterocycles. The number of halogens is 4. The molecule has 3 aromatic rings. The third-order valence-corrected chi connectivity index (χ3v) is 6.46. The first kappa shape index (κ1) is 24.2. The van der Waals surface area contributed by atoms with Gasteiger partial charge < -0.3 is 9.47 Å². The molecule has 0 saturated heterocycles. The van der Waals surface area contributed by atoms with Gasteiger partial charge in [-0.1, -0.05) is 26.0 Å². The van der Waals surface area contributed by atoms with Gasteiger partial charge in [-0.2, -0.15) is 18.3 Å². The third kappa shape index (κ3) is 4.83. The summed E-state index contributed by atoms with van der Waals surface area (Å²) in [6, 6.07) is 6.57. The van der Waals surface area contributed by atoms with Crippen LogP contribution in [0.4, 0.5) is 19.1 Å². The van der Waals surface area contributed by atoms with Crippen LogP contribution in [0.1, 0.15) is 38.2 Å². The van der Waals surface area contributed by atoms with Crippen molar-refractivity contribution in [2.75, 3.05) is 25.0 Å². The second kappa shape index (κ2) is 9.62. The predicted molar refractivity (Wildman–Crippen MR) is 121 cm³/mol. The van der Waals surface area contributed by atoms with Crippen LogP contribution in [0.2, 0.25) is 0 Å². The number of alkyl halides is 3. The van der Waals surface area contributed by atoms with Crippen molar-refractivity contribution in [2.24, 2.45) is 0 Å². The Labute approximate surface area is 192 Å². The Hall–Kier alpha value is -2.40. The SMILES string of the molecule is CCN(CC)CCn1c(NC(=O)C(C)n2nc(C(F)(F)F)c(Br)c2C)nc2ccccc21. The summed E-state index contributed by atoms with van der Waals surface area (Å²) in [5, 5.41) is 6.43. The molecule has 1 atom stereocenters. The van der Waals surface area contributed by atoms with Gasteiger partial charge >= 0.3 is 6.18 Å². The first-order valence-corrected chi connectivity index (χ1v) is 11.2. The van der Waals surface area contributed by atoms with Crippen molar-refractivity contribution in [1.82, 2.24) is 24.2 Å². The summed E-state index contributed by atoms with van der Waals surface area (Å²) in [5.41, 5.74) is 0.767. The van der Waals surface area contributed by atoms with E-state index in [0.29, 0.717) is 12.5 Å².